The Morgan fingerprint density at radius 3 is 2.47 bits per heavy atom. The van der Waals surface area contributed by atoms with E-state index in [1.54, 1.807) is 28.8 Å². The lowest BCUT2D eigenvalue weighted by molar-refractivity contribution is 0.0550. The summed E-state index contributed by atoms with van der Waals surface area (Å²) in [6.45, 7) is 0. The van der Waals surface area contributed by atoms with Crippen molar-refractivity contribution in [3.8, 4) is 0 Å². The van der Waals surface area contributed by atoms with Gasteiger partial charge in [0.15, 0.2) is 0 Å². The Labute approximate surface area is 97.6 Å². The van der Waals surface area contributed by atoms with Crippen LogP contribution < -0.4 is 0 Å². The predicted octanol–water partition coefficient (Wildman–Crippen LogP) is 1.51. The van der Waals surface area contributed by atoms with Crippen LogP contribution in [-0.4, -0.2) is 30.6 Å². The number of rotatable bonds is 2. The van der Waals surface area contributed by atoms with Gasteiger partial charge in [0.05, 0.1) is 19.8 Å². The quantitative estimate of drug-likeness (QED) is 0.738. The number of esters is 2. The lowest BCUT2D eigenvalue weighted by atomic mass is 10.2. The SMILES string of the molecule is COC(=O)c1cc2ccccn2c1C(=O)OC. The second-order valence-electron chi connectivity index (χ2n) is 3.39. The minimum atomic E-state index is -0.573. The molecule has 0 fully saturated rings. The molecule has 17 heavy (non-hydrogen) atoms. The van der Waals surface area contributed by atoms with Crippen molar-refractivity contribution in [3.63, 3.8) is 0 Å². The Morgan fingerprint density at radius 2 is 1.82 bits per heavy atom. The third kappa shape index (κ3) is 1.75. The molecular formula is C12H11NO4. The van der Waals surface area contributed by atoms with E-state index in [-0.39, 0.29) is 11.3 Å². The Morgan fingerprint density at radius 1 is 1.12 bits per heavy atom. The number of hydrogen-bond donors (Lipinski definition) is 0. The van der Waals surface area contributed by atoms with Crippen LogP contribution in [0.3, 0.4) is 0 Å². The average Bonchev–Trinajstić information content (AvgIpc) is 2.76. The summed E-state index contributed by atoms with van der Waals surface area (Å²) in [5.74, 6) is -1.13. The first-order chi connectivity index (χ1) is 8.19. The molecule has 0 saturated carbocycles. The fourth-order valence-corrected chi connectivity index (χ4v) is 1.69. The summed E-state index contributed by atoms with van der Waals surface area (Å²) in [6.07, 6.45) is 1.69. The maximum absolute atomic E-state index is 11.7. The van der Waals surface area contributed by atoms with Gasteiger partial charge in [-0.05, 0) is 18.2 Å². The molecule has 5 heteroatoms. The third-order valence-electron chi connectivity index (χ3n) is 2.46. The summed E-state index contributed by atoms with van der Waals surface area (Å²) in [6, 6.07) is 6.97. The van der Waals surface area contributed by atoms with Crippen molar-refractivity contribution in [2.24, 2.45) is 0 Å². The van der Waals surface area contributed by atoms with Crippen LogP contribution in [0.5, 0.6) is 0 Å². The van der Waals surface area contributed by atoms with Gasteiger partial charge in [-0.15, -0.1) is 0 Å². The van der Waals surface area contributed by atoms with Gasteiger partial charge in [0.25, 0.3) is 0 Å². The summed E-state index contributed by atoms with van der Waals surface area (Å²) in [4.78, 5) is 23.3. The minimum Gasteiger partial charge on any atom is -0.465 e. The number of carbonyl (C=O) groups is 2. The van der Waals surface area contributed by atoms with Gasteiger partial charge in [0.2, 0.25) is 0 Å². The van der Waals surface area contributed by atoms with Gasteiger partial charge < -0.3 is 13.9 Å². The number of pyridine rings is 1. The molecule has 88 valence electrons. The van der Waals surface area contributed by atoms with E-state index in [1.807, 2.05) is 6.07 Å². The van der Waals surface area contributed by atoms with Crippen LogP contribution in [0.2, 0.25) is 0 Å². The van der Waals surface area contributed by atoms with E-state index >= 15 is 0 Å². The van der Waals surface area contributed by atoms with Gasteiger partial charge in [-0.25, -0.2) is 9.59 Å². The van der Waals surface area contributed by atoms with Gasteiger partial charge >= 0.3 is 11.9 Å². The highest BCUT2D eigenvalue weighted by molar-refractivity contribution is 6.04. The Bertz CT molecular complexity index is 585. The largest absolute Gasteiger partial charge is 0.465 e. The summed E-state index contributed by atoms with van der Waals surface area (Å²) >= 11 is 0. The number of nitrogens with zero attached hydrogens (tertiary/aromatic N) is 1. The summed E-state index contributed by atoms with van der Waals surface area (Å²) in [5, 5.41) is 0. The molecule has 0 unspecified atom stereocenters. The molecule has 0 radical (unpaired) electrons. The van der Waals surface area contributed by atoms with Crippen LogP contribution in [0.4, 0.5) is 0 Å². The molecular weight excluding hydrogens is 222 g/mol. The highest BCUT2D eigenvalue weighted by atomic mass is 16.5. The molecule has 0 spiro atoms. The van der Waals surface area contributed by atoms with E-state index in [2.05, 4.69) is 9.47 Å². The van der Waals surface area contributed by atoms with E-state index in [0.717, 1.165) is 5.52 Å². The second kappa shape index (κ2) is 4.29. The molecule has 0 amide bonds. The van der Waals surface area contributed by atoms with E-state index in [4.69, 9.17) is 0 Å². The number of carbonyl (C=O) groups excluding carboxylic acids is 2. The molecule has 2 rings (SSSR count). The summed E-state index contributed by atoms with van der Waals surface area (Å²) in [7, 11) is 2.54. The first kappa shape index (κ1) is 11.2. The fourth-order valence-electron chi connectivity index (χ4n) is 1.69. The maximum Gasteiger partial charge on any atom is 0.355 e. The Balaban J connectivity index is 2.73. The van der Waals surface area contributed by atoms with Crippen molar-refractivity contribution in [3.05, 3.63) is 41.7 Å². The van der Waals surface area contributed by atoms with Crippen LogP contribution in [-0.2, 0) is 9.47 Å². The first-order valence-electron chi connectivity index (χ1n) is 4.95. The monoisotopic (exact) mass is 233 g/mol. The Kier molecular flexibility index (Phi) is 2.82. The minimum absolute atomic E-state index is 0.176. The molecule has 0 saturated heterocycles. The predicted molar refractivity (Wildman–Crippen MR) is 60.1 cm³/mol. The number of hydrogen-bond acceptors (Lipinski definition) is 4. The van der Waals surface area contributed by atoms with Crippen molar-refractivity contribution in [1.82, 2.24) is 4.40 Å². The summed E-state index contributed by atoms with van der Waals surface area (Å²) < 4.78 is 10.9. The molecule has 0 aromatic carbocycles. The molecule has 0 bridgehead atoms. The maximum atomic E-state index is 11.7. The van der Waals surface area contributed by atoms with Crippen LogP contribution in [0.1, 0.15) is 20.8 Å². The number of ether oxygens (including phenoxy) is 2. The van der Waals surface area contributed by atoms with E-state index in [0.29, 0.717) is 0 Å². The molecule has 0 aliphatic carbocycles. The average molecular weight is 233 g/mol. The standard InChI is InChI=1S/C12H11NO4/c1-16-11(14)9-7-8-5-3-4-6-13(8)10(9)12(15)17-2/h3-7H,1-2H3. The molecule has 5 nitrogen and oxygen atoms in total. The van der Waals surface area contributed by atoms with Gasteiger partial charge in [0.1, 0.15) is 5.69 Å². The molecule has 2 heterocycles. The zero-order chi connectivity index (χ0) is 12.4. The number of methoxy groups -OCH3 is 2. The van der Waals surface area contributed by atoms with Gasteiger partial charge in [0, 0.05) is 11.7 Å². The number of aromatic nitrogens is 1. The van der Waals surface area contributed by atoms with Crippen molar-refractivity contribution in [2.45, 2.75) is 0 Å². The molecule has 0 atom stereocenters. The van der Waals surface area contributed by atoms with Gasteiger partial charge in [-0.1, -0.05) is 6.07 Å². The first-order valence-corrected chi connectivity index (χ1v) is 4.95. The third-order valence-corrected chi connectivity index (χ3v) is 2.46. The van der Waals surface area contributed by atoms with E-state index in [9.17, 15) is 9.59 Å². The normalized spacial score (nSPS) is 10.2. The zero-order valence-electron chi connectivity index (χ0n) is 9.47. The van der Waals surface area contributed by atoms with Crippen LogP contribution >= 0.6 is 0 Å². The summed E-state index contributed by atoms with van der Waals surface area (Å²) in [5.41, 5.74) is 1.11. The van der Waals surface area contributed by atoms with Crippen molar-refractivity contribution >= 4 is 17.5 Å². The topological polar surface area (TPSA) is 57.0 Å². The Hall–Kier alpha value is -2.30. The smallest absolute Gasteiger partial charge is 0.355 e. The highest BCUT2D eigenvalue weighted by Crippen LogP contribution is 2.18. The van der Waals surface area contributed by atoms with Crippen LogP contribution in [0.25, 0.3) is 5.52 Å². The fraction of sp³-hybridized carbons (Fsp3) is 0.167. The molecule has 0 aliphatic heterocycles. The van der Waals surface area contributed by atoms with E-state index < -0.39 is 11.9 Å². The van der Waals surface area contributed by atoms with E-state index in [1.165, 1.54) is 14.2 Å². The van der Waals surface area contributed by atoms with Crippen LogP contribution in [0.15, 0.2) is 30.5 Å². The van der Waals surface area contributed by atoms with Crippen molar-refractivity contribution < 1.29 is 19.1 Å². The van der Waals surface area contributed by atoms with Gasteiger partial charge in [-0.3, -0.25) is 0 Å². The van der Waals surface area contributed by atoms with Crippen molar-refractivity contribution in [2.75, 3.05) is 14.2 Å². The molecule has 0 aliphatic rings. The molecule has 2 aromatic heterocycles. The zero-order valence-corrected chi connectivity index (χ0v) is 9.47. The molecule has 2 aromatic rings. The number of fused-ring (bicyclic) bond motifs is 1. The lowest BCUT2D eigenvalue weighted by Crippen LogP contribution is -2.12. The van der Waals surface area contributed by atoms with Crippen molar-refractivity contribution in [1.29, 1.82) is 0 Å². The second-order valence-corrected chi connectivity index (χ2v) is 3.39. The molecule has 0 N–H and O–H groups in total. The van der Waals surface area contributed by atoms with Gasteiger partial charge in [-0.2, -0.15) is 0 Å². The van der Waals surface area contributed by atoms with Crippen LogP contribution in [0, 0.1) is 0 Å². The highest BCUT2D eigenvalue weighted by Gasteiger charge is 2.23. The lowest BCUT2D eigenvalue weighted by Gasteiger charge is -2.03.